The summed E-state index contributed by atoms with van der Waals surface area (Å²) in [5.74, 6) is -0.467. The molecule has 2 N–H and O–H groups in total. The van der Waals surface area contributed by atoms with E-state index in [4.69, 9.17) is 5.21 Å². The van der Waals surface area contributed by atoms with E-state index in [-0.39, 0.29) is 11.3 Å². The van der Waals surface area contributed by atoms with Crippen LogP contribution in [0.3, 0.4) is 0 Å². The van der Waals surface area contributed by atoms with Gasteiger partial charge in [0.25, 0.3) is 0 Å². The van der Waals surface area contributed by atoms with Gasteiger partial charge in [-0.05, 0) is 24.5 Å². The number of nitrogens with zero attached hydrogens (tertiary/aromatic N) is 2. The number of phenols is 1. The topological polar surface area (TPSA) is 96.0 Å². The Balaban J connectivity index is 2.61. The lowest BCUT2D eigenvalue weighted by molar-refractivity contribution is -0.385. The Kier molecular flexibility index (Phi) is 7.96. The fourth-order valence-corrected chi connectivity index (χ4v) is 2.43. The molecule has 0 aliphatic rings. The predicted molar refractivity (Wildman–Crippen MR) is 85.8 cm³/mol. The van der Waals surface area contributed by atoms with Gasteiger partial charge in [0.1, 0.15) is 0 Å². The van der Waals surface area contributed by atoms with Crippen LogP contribution >= 0.6 is 0 Å². The number of nitro benzene ring substituents is 1. The normalized spacial score (nSPS) is 11.1. The molecule has 122 valence electrons. The van der Waals surface area contributed by atoms with E-state index in [1.54, 1.807) is 6.07 Å². The molecule has 0 radical (unpaired) electrons. The number of aryl methyl sites for hydroxylation is 1. The van der Waals surface area contributed by atoms with Gasteiger partial charge in [0, 0.05) is 11.6 Å². The molecule has 1 rings (SSSR count). The Morgan fingerprint density at radius 1 is 1.18 bits per heavy atom. The van der Waals surface area contributed by atoms with Gasteiger partial charge in [-0.25, -0.2) is 0 Å². The molecule has 0 saturated carbocycles. The Bertz CT molecular complexity index is 515. The summed E-state index contributed by atoms with van der Waals surface area (Å²) in [6, 6.07) is 3.01. The van der Waals surface area contributed by atoms with E-state index in [2.05, 4.69) is 12.1 Å². The summed E-state index contributed by atoms with van der Waals surface area (Å²) in [6.45, 7) is 2.19. The van der Waals surface area contributed by atoms with Crippen molar-refractivity contribution in [3.8, 4) is 5.75 Å². The quantitative estimate of drug-likeness (QED) is 0.220. The van der Waals surface area contributed by atoms with Crippen molar-refractivity contribution in [1.82, 2.24) is 0 Å². The SMILES string of the molecule is CCCCCCCCCc1cc(/C=N\O)c(O)c([N+](=O)[O-])c1. The second-order valence-corrected chi connectivity index (χ2v) is 5.43. The molecule has 0 aliphatic carbocycles. The van der Waals surface area contributed by atoms with Gasteiger partial charge in [0.2, 0.25) is 5.75 Å². The maximum Gasteiger partial charge on any atom is 0.311 e. The zero-order chi connectivity index (χ0) is 16.4. The molecule has 0 fully saturated rings. The standard InChI is InChI=1S/C16H24N2O4/c1-2-3-4-5-6-7-8-9-13-10-14(12-17-20)16(19)15(11-13)18(21)22/h10-12,19-20H,2-9H2,1H3/b17-12-. The van der Waals surface area contributed by atoms with Gasteiger partial charge in [-0.3, -0.25) is 10.1 Å². The van der Waals surface area contributed by atoms with Crippen LogP contribution < -0.4 is 0 Å². The number of hydrogen-bond acceptors (Lipinski definition) is 5. The van der Waals surface area contributed by atoms with Crippen LogP contribution in [0, 0.1) is 10.1 Å². The number of rotatable bonds is 10. The highest BCUT2D eigenvalue weighted by atomic mass is 16.6. The van der Waals surface area contributed by atoms with Crippen LogP contribution in [0.15, 0.2) is 17.3 Å². The largest absolute Gasteiger partial charge is 0.502 e. The highest BCUT2D eigenvalue weighted by Crippen LogP contribution is 2.31. The summed E-state index contributed by atoms with van der Waals surface area (Å²) in [5.41, 5.74) is 0.581. The highest BCUT2D eigenvalue weighted by molar-refractivity contribution is 5.85. The molecule has 0 amide bonds. The summed E-state index contributed by atoms with van der Waals surface area (Å²) in [6.07, 6.45) is 9.92. The van der Waals surface area contributed by atoms with Crippen LogP contribution in [0.2, 0.25) is 0 Å². The Labute approximate surface area is 130 Å². The molecule has 6 heteroatoms. The molecular formula is C16H24N2O4. The van der Waals surface area contributed by atoms with Crippen molar-refractivity contribution >= 4 is 11.9 Å². The van der Waals surface area contributed by atoms with Crippen LogP contribution in [0.4, 0.5) is 5.69 Å². The monoisotopic (exact) mass is 308 g/mol. The van der Waals surface area contributed by atoms with Gasteiger partial charge in [0.05, 0.1) is 11.1 Å². The second-order valence-electron chi connectivity index (χ2n) is 5.43. The Morgan fingerprint density at radius 3 is 2.41 bits per heavy atom. The first-order valence-electron chi connectivity index (χ1n) is 7.77. The molecule has 0 heterocycles. The molecule has 0 spiro atoms. The van der Waals surface area contributed by atoms with Crippen LogP contribution in [-0.2, 0) is 6.42 Å². The molecule has 6 nitrogen and oxygen atoms in total. The van der Waals surface area contributed by atoms with E-state index >= 15 is 0 Å². The minimum absolute atomic E-state index is 0.162. The lowest BCUT2D eigenvalue weighted by Gasteiger charge is -2.06. The first-order valence-corrected chi connectivity index (χ1v) is 7.77. The molecule has 22 heavy (non-hydrogen) atoms. The van der Waals surface area contributed by atoms with E-state index in [1.807, 2.05) is 0 Å². The van der Waals surface area contributed by atoms with Gasteiger partial charge in [0.15, 0.2) is 0 Å². The van der Waals surface area contributed by atoms with Crippen molar-refractivity contribution in [3.05, 3.63) is 33.4 Å². The zero-order valence-corrected chi connectivity index (χ0v) is 13.0. The minimum Gasteiger partial charge on any atom is -0.502 e. The zero-order valence-electron chi connectivity index (χ0n) is 13.0. The van der Waals surface area contributed by atoms with Crippen LogP contribution in [0.25, 0.3) is 0 Å². The number of aromatic hydroxyl groups is 1. The van der Waals surface area contributed by atoms with Gasteiger partial charge in [-0.2, -0.15) is 0 Å². The third-order valence-electron chi connectivity index (χ3n) is 3.64. The number of unbranched alkanes of at least 4 members (excludes halogenated alkanes) is 6. The van der Waals surface area contributed by atoms with Crippen molar-refractivity contribution in [2.75, 3.05) is 0 Å². The van der Waals surface area contributed by atoms with Crippen molar-refractivity contribution in [1.29, 1.82) is 0 Å². The second kappa shape index (κ2) is 9.76. The van der Waals surface area contributed by atoms with Crippen molar-refractivity contribution < 1.29 is 15.2 Å². The lowest BCUT2D eigenvalue weighted by Crippen LogP contribution is -1.96. The van der Waals surface area contributed by atoms with Crippen LogP contribution in [-0.4, -0.2) is 21.5 Å². The maximum absolute atomic E-state index is 10.9. The number of nitro groups is 1. The number of phenolic OH excluding ortho intramolecular Hbond substituents is 1. The van der Waals surface area contributed by atoms with Crippen molar-refractivity contribution in [2.24, 2.45) is 5.16 Å². The Hall–Kier alpha value is -2.11. The van der Waals surface area contributed by atoms with Gasteiger partial charge < -0.3 is 10.3 Å². The molecule has 0 unspecified atom stereocenters. The molecule has 0 aliphatic heterocycles. The van der Waals surface area contributed by atoms with Crippen molar-refractivity contribution in [2.45, 2.75) is 58.3 Å². The Morgan fingerprint density at radius 2 is 1.82 bits per heavy atom. The molecule has 0 saturated heterocycles. The average molecular weight is 308 g/mol. The summed E-state index contributed by atoms with van der Waals surface area (Å²) in [7, 11) is 0. The first-order chi connectivity index (χ1) is 10.6. The van der Waals surface area contributed by atoms with Crippen molar-refractivity contribution in [3.63, 3.8) is 0 Å². The number of oxime groups is 1. The van der Waals surface area contributed by atoms with E-state index in [0.717, 1.165) is 24.6 Å². The van der Waals surface area contributed by atoms with E-state index in [0.29, 0.717) is 6.42 Å². The van der Waals surface area contributed by atoms with Gasteiger partial charge in [-0.1, -0.05) is 50.6 Å². The summed E-state index contributed by atoms with van der Waals surface area (Å²) in [4.78, 5) is 10.3. The van der Waals surface area contributed by atoms with E-state index in [9.17, 15) is 15.2 Å². The lowest BCUT2D eigenvalue weighted by atomic mass is 10.0. The number of benzene rings is 1. The molecule has 1 aromatic carbocycles. The molecule has 0 atom stereocenters. The third kappa shape index (κ3) is 5.71. The predicted octanol–water partition coefficient (Wildman–Crippen LogP) is 4.40. The fourth-order valence-electron chi connectivity index (χ4n) is 2.43. The molecule has 1 aromatic rings. The summed E-state index contributed by atoms with van der Waals surface area (Å²) in [5, 5.41) is 32.1. The van der Waals surface area contributed by atoms with Crippen LogP contribution in [0.5, 0.6) is 5.75 Å². The van der Waals surface area contributed by atoms with E-state index in [1.165, 1.54) is 38.2 Å². The van der Waals surface area contributed by atoms with Gasteiger partial charge >= 0.3 is 5.69 Å². The summed E-state index contributed by atoms with van der Waals surface area (Å²) >= 11 is 0. The average Bonchev–Trinajstić information content (AvgIpc) is 2.49. The molecule has 0 aromatic heterocycles. The smallest absolute Gasteiger partial charge is 0.311 e. The van der Waals surface area contributed by atoms with E-state index < -0.39 is 10.7 Å². The highest BCUT2D eigenvalue weighted by Gasteiger charge is 2.18. The summed E-state index contributed by atoms with van der Waals surface area (Å²) < 4.78 is 0. The third-order valence-corrected chi connectivity index (χ3v) is 3.64. The molecule has 0 bridgehead atoms. The minimum atomic E-state index is -0.627. The first kappa shape index (κ1) is 17.9. The number of hydrogen-bond donors (Lipinski definition) is 2. The molecular weight excluding hydrogens is 284 g/mol. The maximum atomic E-state index is 10.9. The fraction of sp³-hybridized carbons (Fsp3) is 0.562. The van der Waals surface area contributed by atoms with Crippen LogP contribution in [0.1, 0.15) is 63.0 Å². The van der Waals surface area contributed by atoms with Gasteiger partial charge in [-0.15, -0.1) is 0 Å².